The molecule has 0 unspecified atom stereocenters. The molecule has 0 aromatic carbocycles. The van der Waals surface area contributed by atoms with Gasteiger partial charge in [0.1, 0.15) is 0 Å². The molecule has 5 nitrogen and oxygen atoms in total. The molecular formula is C3H7HgO5Si-3. The summed E-state index contributed by atoms with van der Waals surface area (Å²) in [6.45, 7) is -0.0826. The molecule has 0 aliphatic heterocycles. The van der Waals surface area contributed by atoms with Gasteiger partial charge in [0.25, 0.3) is 0 Å². The number of ether oxygens (including phenoxy) is 1. The van der Waals surface area contributed by atoms with E-state index in [1.165, 1.54) is 7.11 Å². The predicted octanol–water partition coefficient (Wildman–Crippen LogP) is -3.84. The fraction of sp³-hybridized carbons (Fsp3) is 1.00. The predicted molar refractivity (Wildman–Crippen MR) is 23.6 cm³/mol. The van der Waals surface area contributed by atoms with Gasteiger partial charge in [-0.05, 0) is 0 Å². The van der Waals surface area contributed by atoms with Crippen molar-refractivity contribution in [2.24, 2.45) is 0 Å². The van der Waals surface area contributed by atoms with Gasteiger partial charge in [0.05, 0.1) is 13.2 Å². The molecule has 0 aliphatic rings. The van der Waals surface area contributed by atoms with Crippen molar-refractivity contribution in [2.75, 3.05) is 20.3 Å². The third kappa shape index (κ3) is 11.7. The molecule has 10 heavy (non-hydrogen) atoms. The Hall–Kier alpha value is 0.952. The number of hydrogen-bond donors (Lipinski definition) is 0. The van der Waals surface area contributed by atoms with E-state index in [9.17, 15) is 14.4 Å². The Morgan fingerprint density at radius 1 is 1.20 bits per heavy atom. The fourth-order valence-corrected chi connectivity index (χ4v) is 0.583. The molecule has 0 amide bonds. The van der Waals surface area contributed by atoms with E-state index in [0.717, 1.165) is 0 Å². The van der Waals surface area contributed by atoms with Crippen LogP contribution in [0.2, 0.25) is 0 Å². The smallest absolute Gasteiger partial charge is 0.0681 e. The van der Waals surface area contributed by atoms with Crippen LogP contribution >= 0.6 is 0 Å². The summed E-state index contributed by atoms with van der Waals surface area (Å²) < 4.78 is 8.23. The van der Waals surface area contributed by atoms with Crippen molar-refractivity contribution in [1.82, 2.24) is 0 Å². The van der Waals surface area contributed by atoms with Gasteiger partial charge in [-0.15, -0.1) is 9.05 Å². The van der Waals surface area contributed by atoms with Gasteiger partial charge in [0, 0.05) is 34.8 Å². The van der Waals surface area contributed by atoms with Crippen LogP contribution in [0.4, 0.5) is 0 Å². The molecule has 0 heterocycles. The summed E-state index contributed by atoms with van der Waals surface area (Å²) in [5, 5.41) is 0. The molecule has 0 aromatic heterocycles. The maximum atomic E-state index is 9.73. The van der Waals surface area contributed by atoms with Gasteiger partial charge >= 0.3 is 0 Å². The van der Waals surface area contributed by atoms with Crippen LogP contribution in [0.1, 0.15) is 0 Å². The van der Waals surface area contributed by atoms with E-state index in [1.807, 2.05) is 0 Å². The zero-order chi connectivity index (χ0) is 7.33. The summed E-state index contributed by atoms with van der Waals surface area (Å²) >= 11 is 0. The minimum absolute atomic E-state index is 0. The third-order valence-electron chi connectivity index (χ3n) is 0.566. The molecule has 0 saturated carbocycles. The van der Waals surface area contributed by atoms with Crippen LogP contribution in [0, 0.1) is 0 Å². The zero-order valence-corrected chi connectivity index (χ0v) is 12.2. The maximum Gasteiger partial charge on any atom is 0.0681 e. The molecule has 0 radical (unpaired) electrons. The minimum Gasteiger partial charge on any atom is -0.861 e. The summed E-state index contributed by atoms with van der Waals surface area (Å²) in [6.07, 6.45) is 0. The van der Waals surface area contributed by atoms with Crippen LogP contribution in [-0.4, -0.2) is 29.4 Å². The molecule has 0 spiro atoms. The zero-order valence-electron chi connectivity index (χ0n) is 5.66. The van der Waals surface area contributed by atoms with E-state index in [2.05, 4.69) is 9.16 Å². The van der Waals surface area contributed by atoms with Crippen LogP contribution < -0.4 is 14.4 Å². The molecule has 0 N–H and O–H groups in total. The molecule has 0 aromatic rings. The fourth-order valence-electron chi connectivity index (χ4n) is 0.250. The van der Waals surface area contributed by atoms with Crippen LogP contribution in [-0.2, 0) is 36.8 Å². The van der Waals surface area contributed by atoms with Gasteiger partial charge < -0.3 is 23.5 Å². The molecule has 0 rings (SSSR count). The molecular weight excluding hydrogens is 345 g/mol. The van der Waals surface area contributed by atoms with E-state index >= 15 is 0 Å². The van der Waals surface area contributed by atoms with Crippen molar-refractivity contribution < 1.29 is 51.2 Å². The van der Waals surface area contributed by atoms with Gasteiger partial charge in [0.15, 0.2) is 0 Å². The Balaban J connectivity index is 0. The first kappa shape index (κ1) is 13.5. The SMILES string of the molecule is COCCO[Si]([O-])([O-])[O-].[Hg]. The largest absolute Gasteiger partial charge is 0.861 e. The second kappa shape index (κ2) is 6.65. The van der Waals surface area contributed by atoms with E-state index in [4.69, 9.17) is 0 Å². The van der Waals surface area contributed by atoms with Gasteiger partial charge in [-0.25, -0.2) is 0 Å². The Labute approximate surface area is 80.6 Å². The van der Waals surface area contributed by atoms with Crippen molar-refractivity contribution in [3.63, 3.8) is 0 Å². The van der Waals surface area contributed by atoms with Crippen LogP contribution in [0.5, 0.6) is 0 Å². The number of rotatable bonds is 4. The Morgan fingerprint density at radius 2 is 1.70 bits per heavy atom. The van der Waals surface area contributed by atoms with Crippen LogP contribution in [0.15, 0.2) is 0 Å². The monoisotopic (exact) mass is 353 g/mol. The maximum absolute atomic E-state index is 9.73. The summed E-state index contributed by atoms with van der Waals surface area (Å²) in [5.74, 6) is 0. The second-order valence-electron chi connectivity index (χ2n) is 1.34. The Morgan fingerprint density at radius 3 is 2.00 bits per heavy atom. The van der Waals surface area contributed by atoms with Gasteiger partial charge in [-0.1, -0.05) is 0 Å². The topological polar surface area (TPSA) is 87.6 Å². The van der Waals surface area contributed by atoms with E-state index in [0.29, 0.717) is 0 Å². The molecule has 0 saturated heterocycles. The Bertz CT molecular complexity index is 73.8. The summed E-state index contributed by atoms with van der Waals surface area (Å²) in [4.78, 5) is 29.2. The average Bonchev–Trinajstić information content (AvgIpc) is 1.63. The van der Waals surface area contributed by atoms with Crippen molar-refractivity contribution in [3.8, 4) is 0 Å². The summed E-state index contributed by atoms with van der Waals surface area (Å²) in [7, 11) is -3.64. The first-order chi connectivity index (χ1) is 4.06. The van der Waals surface area contributed by atoms with E-state index in [1.54, 1.807) is 0 Å². The molecule has 0 atom stereocenters. The van der Waals surface area contributed by atoms with Crippen LogP contribution in [0.3, 0.4) is 0 Å². The number of methoxy groups -OCH3 is 1. The molecule has 0 aliphatic carbocycles. The third-order valence-corrected chi connectivity index (χ3v) is 1.12. The van der Waals surface area contributed by atoms with Crippen molar-refractivity contribution in [1.29, 1.82) is 0 Å². The minimum atomic E-state index is -5.02. The second-order valence-corrected chi connectivity index (χ2v) is 2.63. The van der Waals surface area contributed by atoms with E-state index < -0.39 is 9.05 Å². The average molecular weight is 352 g/mol. The summed E-state index contributed by atoms with van der Waals surface area (Å²) in [5.41, 5.74) is 0. The van der Waals surface area contributed by atoms with Gasteiger partial charge in [-0.2, -0.15) is 0 Å². The normalized spacial score (nSPS) is 10.8. The first-order valence-electron chi connectivity index (χ1n) is 2.30. The van der Waals surface area contributed by atoms with Gasteiger partial charge in [-0.3, -0.25) is 0 Å². The standard InChI is InChI=1S/C3H7O5Si.Hg/c1-7-2-3-8-9(4,5)6;/h2-3H2,1H3;/q-3;. The molecule has 7 heteroatoms. The first-order valence-corrected chi connectivity index (χ1v) is 3.94. The molecule has 0 bridgehead atoms. The Kier molecular flexibility index (Phi) is 9.00. The quantitative estimate of drug-likeness (QED) is 0.382. The molecule has 0 fully saturated rings. The van der Waals surface area contributed by atoms with Gasteiger partial charge in [0.2, 0.25) is 0 Å². The van der Waals surface area contributed by atoms with Crippen LogP contribution in [0.25, 0.3) is 0 Å². The van der Waals surface area contributed by atoms with Crippen molar-refractivity contribution in [3.05, 3.63) is 0 Å². The molecule has 58 valence electrons. The number of hydrogen-bond acceptors (Lipinski definition) is 5. The van der Waals surface area contributed by atoms with Crippen molar-refractivity contribution >= 4 is 9.05 Å². The summed E-state index contributed by atoms with van der Waals surface area (Å²) in [6, 6.07) is 0. The van der Waals surface area contributed by atoms with Crippen molar-refractivity contribution in [2.45, 2.75) is 0 Å². The van der Waals surface area contributed by atoms with E-state index in [-0.39, 0.29) is 40.9 Å².